The second-order valence-corrected chi connectivity index (χ2v) is 5.68. The number of hydrogen-bond donors (Lipinski definition) is 1. The number of benzene rings is 1. The Morgan fingerprint density at radius 3 is 2.48 bits per heavy atom. The fraction of sp³-hybridized carbons (Fsp3) is 0.500. The van der Waals surface area contributed by atoms with Crippen LogP contribution in [0.3, 0.4) is 0 Å². The molecule has 0 bridgehead atoms. The van der Waals surface area contributed by atoms with Gasteiger partial charge in [-0.15, -0.1) is 0 Å². The molecular weight excluding hydrogens is 273 g/mol. The third kappa shape index (κ3) is 4.85. The number of amides is 1. The van der Waals surface area contributed by atoms with E-state index < -0.39 is 11.9 Å². The number of Topliss-reactive ketones (excluding diaryl/α,β-unsaturated/α-hetero) is 1. The Hall–Kier alpha value is -1.91. The Morgan fingerprint density at radius 1 is 1.38 bits per heavy atom. The summed E-state index contributed by atoms with van der Waals surface area (Å²) < 4.78 is 19.1. The first-order valence-corrected chi connectivity index (χ1v) is 6.95. The van der Waals surface area contributed by atoms with E-state index in [9.17, 15) is 14.0 Å². The van der Waals surface area contributed by atoms with E-state index in [-0.39, 0.29) is 28.5 Å². The van der Waals surface area contributed by atoms with Crippen molar-refractivity contribution in [3.8, 4) is 5.75 Å². The van der Waals surface area contributed by atoms with E-state index in [0.717, 1.165) is 12.5 Å². The van der Waals surface area contributed by atoms with Crippen LogP contribution in [0.2, 0.25) is 0 Å². The van der Waals surface area contributed by atoms with E-state index in [2.05, 4.69) is 5.32 Å². The van der Waals surface area contributed by atoms with Gasteiger partial charge in [-0.2, -0.15) is 0 Å². The van der Waals surface area contributed by atoms with Gasteiger partial charge in [-0.3, -0.25) is 9.59 Å². The number of carbonyl (C=O) groups excluding carboxylic acids is 2. The molecule has 0 heterocycles. The molecule has 1 N–H and O–H groups in total. The molecule has 0 saturated heterocycles. The van der Waals surface area contributed by atoms with Gasteiger partial charge in [0.05, 0.1) is 5.56 Å². The average Bonchev–Trinajstić information content (AvgIpc) is 2.37. The van der Waals surface area contributed by atoms with E-state index in [0.29, 0.717) is 0 Å². The summed E-state index contributed by atoms with van der Waals surface area (Å²) in [6.07, 6.45) is 0.0336. The molecule has 1 amide bonds. The van der Waals surface area contributed by atoms with Gasteiger partial charge in [0, 0.05) is 11.6 Å². The van der Waals surface area contributed by atoms with Crippen LogP contribution in [0.25, 0.3) is 0 Å². The standard InChI is InChI=1S/C16H22FNO3/c1-6-16(4,5)18-15(20)11(3)21-12-7-8-13(10(2)19)14(17)9-12/h7-9,11H,6H2,1-5H3,(H,18,20). The third-order valence-electron chi connectivity index (χ3n) is 3.35. The van der Waals surface area contributed by atoms with Crippen molar-refractivity contribution in [1.82, 2.24) is 5.32 Å². The SMILES string of the molecule is CCC(C)(C)NC(=O)C(C)Oc1ccc(C(C)=O)c(F)c1. The molecule has 5 heteroatoms. The summed E-state index contributed by atoms with van der Waals surface area (Å²) >= 11 is 0. The highest BCUT2D eigenvalue weighted by atomic mass is 19.1. The van der Waals surface area contributed by atoms with E-state index in [4.69, 9.17) is 4.74 Å². The van der Waals surface area contributed by atoms with Crippen LogP contribution in [0.15, 0.2) is 18.2 Å². The zero-order valence-corrected chi connectivity index (χ0v) is 13.1. The van der Waals surface area contributed by atoms with Crippen molar-refractivity contribution in [3.63, 3.8) is 0 Å². The molecule has 0 aliphatic carbocycles. The van der Waals surface area contributed by atoms with Crippen LogP contribution in [0.4, 0.5) is 4.39 Å². The smallest absolute Gasteiger partial charge is 0.261 e. The van der Waals surface area contributed by atoms with Gasteiger partial charge in [0.2, 0.25) is 0 Å². The minimum Gasteiger partial charge on any atom is -0.481 e. The van der Waals surface area contributed by atoms with Crippen molar-refractivity contribution in [2.24, 2.45) is 0 Å². The van der Waals surface area contributed by atoms with Crippen molar-refractivity contribution < 1.29 is 18.7 Å². The molecule has 0 spiro atoms. The summed E-state index contributed by atoms with van der Waals surface area (Å²) in [5, 5.41) is 2.86. The van der Waals surface area contributed by atoms with Crippen LogP contribution in [-0.2, 0) is 4.79 Å². The molecule has 4 nitrogen and oxygen atoms in total. The maximum absolute atomic E-state index is 13.7. The van der Waals surface area contributed by atoms with Crippen LogP contribution in [0.1, 0.15) is 51.4 Å². The maximum atomic E-state index is 13.7. The Balaban J connectivity index is 2.75. The number of ether oxygens (including phenoxy) is 1. The molecule has 1 rings (SSSR count). The van der Waals surface area contributed by atoms with Crippen LogP contribution < -0.4 is 10.1 Å². The van der Waals surface area contributed by atoms with Gasteiger partial charge in [-0.1, -0.05) is 6.92 Å². The highest BCUT2D eigenvalue weighted by molar-refractivity contribution is 5.94. The second kappa shape index (κ2) is 6.70. The Kier molecular flexibility index (Phi) is 5.47. The lowest BCUT2D eigenvalue weighted by Gasteiger charge is -2.26. The first-order valence-electron chi connectivity index (χ1n) is 6.95. The summed E-state index contributed by atoms with van der Waals surface area (Å²) in [7, 11) is 0. The number of rotatable bonds is 6. The van der Waals surface area contributed by atoms with Crippen molar-refractivity contribution in [3.05, 3.63) is 29.6 Å². The van der Waals surface area contributed by atoms with E-state index in [1.54, 1.807) is 6.92 Å². The topological polar surface area (TPSA) is 55.4 Å². The Morgan fingerprint density at radius 2 is 2.00 bits per heavy atom. The number of ketones is 1. The van der Waals surface area contributed by atoms with E-state index >= 15 is 0 Å². The summed E-state index contributed by atoms with van der Waals surface area (Å²) in [6.45, 7) is 8.69. The predicted molar refractivity (Wildman–Crippen MR) is 79.0 cm³/mol. The molecule has 1 unspecified atom stereocenters. The molecule has 0 aromatic heterocycles. The largest absolute Gasteiger partial charge is 0.481 e. The minimum atomic E-state index is -0.751. The van der Waals surface area contributed by atoms with Crippen molar-refractivity contribution in [2.45, 2.75) is 52.7 Å². The normalized spacial score (nSPS) is 12.7. The molecule has 1 aromatic rings. The number of carbonyl (C=O) groups is 2. The van der Waals surface area contributed by atoms with Crippen molar-refractivity contribution in [2.75, 3.05) is 0 Å². The van der Waals surface area contributed by atoms with Gasteiger partial charge in [-0.05, 0) is 46.2 Å². The molecule has 0 radical (unpaired) electrons. The quantitative estimate of drug-likeness (QED) is 0.820. The summed E-state index contributed by atoms with van der Waals surface area (Å²) in [5.74, 6) is -1.05. The highest BCUT2D eigenvalue weighted by Crippen LogP contribution is 2.18. The Bertz CT molecular complexity index is 540. The fourth-order valence-electron chi connectivity index (χ4n) is 1.64. The molecule has 0 aliphatic heterocycles. The minimum absolute atomic E-state index is 0.00608. The van der Waals surface area contributed by atoms with Gasteiger partial charge < -0.3 is 10.1 Å². The van der Waals surface area contributed by atoms with Gasteiger partial charge in [0.15, 0.2) is 11.9 Å². The lowest BCUT2D eigenvalue weighted by molar-refractivity contribution is -0.129. The number of hydrogen-bond acceptors (Lipinski definition) is 3. The second-order valence-electron chi connectivity index (χ2n) is 5.68. The zero-order valence-electron chi connectivity index (χ0n) is 13.1. The summed E-state index contributed by atoms with van der Waals surface area (Å²) in [4.78, 5) is 23.2. The first kappa shape index (κ1) is 17.1. The lowest BCUT2D eigenvalue weighted by Crippen LogP contribution is -2.48. The predicted octanol–water partition coefficient (Wildman–Crippen LogP) is 3.10. The number of halogens is 1. The van der Waals surface area contributed by atoms with Crippen LogP contribution in [0, 0.1) is 5.82 Å². The Labute approximate surface area is 124 Å². The van der Waals surface area contributed by atoms with Crippen molar-refractivity contribution in [1.29, 1.82) is 0 Å². The fourth-order valence-corrected chi connectivity index (χ4v) is 1.64. The summed E-state index contributed by atoms with van der Waals surface area (Å²) in [5.41, 5.74) is -0.315. The molecule has 21 heavy (non-hydrogen) atoms. The molecule has 1 atom stereocenters. The molecule has 0 saturated carbocycles. The van der Waals surface area contributed by atoms with Crippen LogP contribution >= 0.6 is 0 Å². The maximum Gasteiger partial charge on any atom is 0.261 e. The van der Waals surface area contributed by atoms with E-state index in [1.165, 1.54) is 19.1 Å². The lowest BCUT2D eigenvalue weighted by atomic mass is 10.0. The molecule has 0 fully saturated rings. The summed E-state index contributed by atoms with van der Waals surface area (Å²) in [6, 6.07) is 3.95. The third-order valence-corrected chi connectivity index (χ3v) is 3.35. The zero-order chi connectivity index (χ0) is 16.2. The van der Waals surface area contributed by atoms with Gasteiger partial charge in [-0.25, -0.2) is 4.39 Å². The van der Waals surface area contributed by atoms with E-state index in [1.807, 2.05) is 20.8 Å². The molecule has 116 valence electrons. The molecular formula is C16H22FNO3. The van der Waals surface area contributed by atoms with Crippen LogP contribution in [-0.4, -0.2) is 23.3 Å². The van der Waals surface area contributed by atoms with Crippen LogP contribution in [0.5, 0.6) is 5.75 Å². The highest BCUT2D eigenvalue weighted by Gasteiger charge is 2.23. The van der Waals surface area contributed by atoms with Gasteiger partial charge >= 0.3 is 0 Å². The monoisotopic (exact) mass is 295 g/mol. The van der Waals surface area contributed by atoms with Gasteiger partial charge in [0.1, 0.15) is 11.6 Å². The van der Waals surface area contributed by atoms with Crippen molar-refractivity contribution >= 4 is 11.7 Å². The number of nitrogens with one attached hydrogen (secondary N) is 1. The molecule has 1 aromatic carbocycles. The van der Waals surface area contributed by atoms with Gasteiger partial charge in [0.25, 0.3) is 5.91 Å². The first-order chi connectivity index (χ1) is 9.66. The molecule has 0 aliphatic rings. The average molecular weight is 295 g/mol.